The molecule has 2 aliphatic rings. The molecule has 3 aromatic rings. The zero-order valence-electron chi connectivity index (χ0n) is 26.2. The van der Waals surface area contributed by atoms with E-state index in [0.29, 0.717) is 17.5 Å². The third-order valence-electron chi connectivity index (χ3n) is 8.85. The van der Waals surface area contributed by atoms with Crippen molar-refractivity contribution in [2.45, 2.75) is 44.2 Å². The molecular weight excluding hydrogens is 589 g/mol. The molecule has 0 radical (unpaired) electrons. The van der Waals surface area contributed by atoms with Crippen LogP contribution in [0.15, 0.2) is 78.9 Å². The predicted octanol–water partition coefficient (Wildman–Crippen LogP) is 5.02. The van der Waals surface area contributed by atoms with Gasteiger partial charge in [-0.05, 0) is 65.3 Å². The molecule has 240 valence electrons. The SMILES string of the molecule is Cc1cc(F)ccc1CC(C(=O)N(C)CC(=O)O)N1CCC=CCC(N(C)C(=O)OCC2c3ccccc3-c3ccccc32)C1=O. The van der Waals surface area contributed by atoms with Crippen LogP contribution >= 0.6 is 0 Å². The van der Waals surface area contributed by atoms with Crippen LogP contribution in [0.25, 0.3) is 11.1 Å². The Bertz CT molecular complexity index is 1630. The van der Waals surface area contributed by atoms with E-state index < -0.39 is 48.3 Å². The molecule has 3 aromatic carbocycles. The van der Waals surface area contributed by atoms with E-state index in [9.17, 15) is 28.7 Å². The van der Waals surface area contributed by atoms with Crippen LogP contribution in [0.5, 0.6) is 0 Å². The van der Waals surface area contributed by atoms with Crippen LogP contribution in [-0.4, -0.2) is 89.6 Å². The van der Waals surface area contributed by atoms with E-state index in [-0.39, 0.29) is 31.9 Å². The molecule has 2 atom stereocenters. The van der Waals surface area contributed by atoms with Gasteiger partial charge in [-0.1, -0.05) is 66.7 Å². The fraction of sp³-hybridized carbons (Fsp3) is 0.333. The normalized spacial score (nSPS) is 16.6. The monoisotopic (exact) mass is 627 g/mol. The number of rotatable bonds is 9. The Hall–Kier alpha value is -4.99. The molecule has 1 aliphatic carbocycles. The summed E-state index contributed by atoms with van der Waals surface area (Å²) in [6.45, 7) is 1.42. The molecule has 0 fully saturated rings. The number of carboxylic acid groups (broad SMARTS) is 1. The molecule has 0 aromatic heterocycles. The third-order valence-corrected chi connectivity index (χ3v) is 8.85. The van der Waals surface area contributed by atoms with Crippen molar-refractivity contribution in [2.24, 2.45) is 0 Å². The summed E-state index contributed by atoms with van der Waals surface area (Å²) in [6, 6.07) is 18.2. The van der Waals surface area contributed by atoms with E-state index in [4.69, 9.17) is 4.74 Å². The van der Waals surface area contributed by atoms with Crippen molar-refractivity contribution in [3.8, 4) is 11.1 Å². The van der Waals surface area contributed by atoms with Crippen molar-refractivity contribution < 1.29 is 33.4 Å². The van der Waals surface area contributed by atoms with E-state index in [0.717, 1.165) is 27.2 Å². The van der Waals surface area contributed by atoms with Crippen LogP contribution in [0.2, 0.25) is 0 Å². The number of fused-ring (bicyclic) bond motifs is 3. The zero-order chi connectivity index (χ0) is 33.0. The van der Waals surface area contributed by atoms with Crippen molar-refractivity contribution in [3.63, 3.8) is 0 Å². The average molecular weight is 628 g/mol. The molecule has 9 nitrogen and oxygen atoms in total. The first-order chi connectivity index (χ1) is 22.1. The summed E-state index contributed by atoms with van der Waals surface area (Å²) >= 11 is 0. The Labute approximate surface area is 267 Å². The number of halogens is 1. The highest BCUT2D eigenvalue weighted by atomic mass is 19.1. The molecule has 10 heteroatoms. The van der Waals surface area contributed by atoms with E-state index in [1.807, 2.05) is 48.6 Å². The highest BCUT2D eigenvalue weighted by Crippen LogP contribution is 2.44. The first kappa shape index (κ1) is 32.4. The number of hydrogen-bond donors (Lipinski definition) is 1. The van der Waals surface area contributed by atoms with Gasteiger partial charge in [0, 0.05) is 33.0 Å². The van der Waals surface area contributed by atoms with Crippen molar-refractivity contribution in [2.75, 3.05) is 33.8 Å². The van der Waals surface area contributed by atoms with Gasteiger partial charge in [0.05, 0.1) is 0 Å². The summed E-state index contributed by atoms with van der Waals surface area (Å²) in [7, 11) is 2.88. The number of benzene rings is 3. The van der Waals surface area contributed by atoms with Gasteiger partial charge in [-0.25, -0.2) is 9.18 Å². The molecule has 5 rings (SSSR count). The Morgan fingerprint density at radius 3 is 2.28 bits per heavy atom. The van der Waals surface area contributed by atoms with Gasteiger partial charge in [0.2, 0.25) is 11.8 Å². The highest BCUT2D eigenvalue weighted by molar-refractivity contribution is 5.92. The van der Waals surface area contributed by atoms with Gasteiger partial charge in [0.25, 0.3) is 0 Å². The smallest absolute Gasteiger partial charge is 0.410 e. The number of aryl methyl sites for hydroxylation is 1. The van der Waals surface area contributed by atoms with Crippen LogP contribution < -0.4 is 0 Å². The molecule has 1 N–H and O–H groups in total. The van der Waals surface area contributed by atoms with E-state index >= 15 is 0 Å². The van der Waals surface area contributed by atoms with Gasteiger partial charge >= 0.3 is 12.1 Å². The third kappa shape index (κ3) is 6.80. The fourth-order valence-corrected chi connectivity index (χ4v) is 6.38. The molecule has 46 heavy (non-hydrogen) atoms. The number of carbonyl (C=O) groups excluding carboxylic acids is 3. The Morgan fingerprint density at radius 1 is 1.00 bits per heavy atom. The number of likely N-dealkylation sites (N-methyl/N-ethyl adjacent to an activating group) is 2. The minimum Gasteiger partial charge on any atom is -0.480 e. The molecule has 0 saturated carbocycles. The fourth-order valence-electron chi connectivity index (χ4n) is 6.38. The van der Waals surface area contributed by atoms with Crippen molar-refractivity contribution in [1.82, 2.24) is 14.7 Å². The predicted molar refractivity (Wildman–Crippen MR) is 171 cm³/mol. The highest BCUT2D eigenvalue weighted by Gasteiger charge is 2.39. The van der Waals surface area contributed by atoms with Crippen molar-refractivity contribution in [1.29, 1.82) is 0 Å². The van der Waals surface area contributed by atoms with Crippen LogP contribution in [0.1, 0.15) is 41.0 Å². The molecule has 0 bridgehead atoms. The minimum atomic E-state index is -1.19. The first-order valence-corrected chi connectivity index (χ1v) is 15.3. The number of hydrogen-bond acceptors (Lipinski definition) is 5. The number of nitrogens with zero attached hydrogens (tertiary/aromatic N) is 3. The minimum absolute atomic E-state index is 0.0474. The Morgan fingerprint density at radius 2 is 1.65 bits per heavy atom. The van der Waals surface area contributed by atoms with Crippen LogP contribution in [0.3, 0.4) is 0 Å². The van der Waals surface area contributed by atoms with Crippen LogP contribution in [-0.2, 0) is 25.5 Å². The Balaban J connectivity index is 1.38. The lowest BCUT2D eigenvalue weighted by Crippen LogP contribution is -2.57. The van der Waals surface area contributed by atoms with Gasteiger partial charge in [0.15, 0.2) is 0 Å². The lowest BCUT2D eigenvalue weighted by atomic mass is 9.97. The molecular formula is C36H38FN3O6. The average Bonchev–Trinajstić information content (AvgIpc) is 3.34. The van der Waals surface area contributed by atoms with Crippen LogP contribution in [0.4, 0.5) is 9.18 Å². The summed E-state index contributed by atoms with van der Waals surface area (Å²) in [5, 5.41) is 9.35. The number of carbonyl (C=O) groups is 4. The second kappa shape index (κ2) is 14.0. The zero-order valence-corrected chi connectivity index (χ0v) is 26.2. The summed E-state index contributed by atoms with van der Waals surface area (Å²) in [6.07, 6.45) is 3.77. The summed E-state index contributed by atoms with van der Waals surface area (Å²) in [5.41, 5.74) is 5.59. The van der Waals surface area contributed by atoms with Gasteiger partial charge in [-0.15, -0.1) is 0 Å². The number of carboxylic acids is 1. The maximum Gasteiger partial charge on any atom is 0.410 e. The van der Waals surface area contributed by atoms with Crippen molar-refractivity contribution >= 4 is 23.9 Å². The second-order valence-electron chi connectivity index (χ2n) is 11.8. The topological polar surface area (TPSA) is 107 Å². The summed E-state index contributed by atoms with van der Waals surface area (Å²) in [4.78, 5) is 56.7. The van der Waals surface area contributed by atoms with Gasteiger partial charge < -0.3 is 19.6 Å². The molecule has 3 amide bonds. The second-order valence-corrected chi connectivity index (χ2v) is 11.8. The number of amides is 3. The van der Waals surface area contributed by atoms with Crippen LogP contribution in [0, 0.1) is 12.7 Å². The quantitative estimate of drug-likeness (QED) is 0.334. The van der Waals surface area contributed by atoms with Gasteiger partial charge in [-0.2, -0.15) is 0 Å². The van der Waals surface area contributed by atoms with Crippen molar-refractivity contribution in [3.05, 3.63) is 107 Å². The lowest BCUT2D eigenvalue weighted by molar-refractivity contribution is -0.150. The van der Waals surface area contributed by atoms with E-state index in [1.165, 1.54) is 36.0 Å². The molecule has 0 spiro atoms. The van der Waals surface area contributed by atoms with E-state index in [2.05, 4.69) is 12.1 Å². The van der Waals surface area contributed by atoms with Gasteiger partial charge in [0.1, 0.15) is 31.1 Å². The molecule has 0 saturated heterocycles. The standard InChI is InChI=1S/C36H38FN3O6/c1-23-19-25(37)17-16-24(23)20-32(34(43)38(2)21-33(41)42)40-18-10-4-5-15-31(35(40)44)39(3)36(45)46-22-30-28-13-8-6-11-26(28)27-12-7-9-14-29(27)30/h4-9,11-14,16-17,19,30-32H,10,15,18,20-22H2,1-3H3,(H,41,42). The lowest BCUT2D eigenvalue weighted by Gasteiger charge is -2.38. The first-order valence-electron chi connectivity index (χ1n) is 15.3. The molecule has 2 unspecified atom stereocenters. The maximum absolute atomic E-state index is 14.2. The number of aliphatic carboxylic acids is 1. The maximum atomic E-state index is 14.2. The summed E-state index contributed by atoms with van der Waals surface area (Å²) < 4.78 is 19.7. The van der Waals surface area contributed by atoms with E-state index in [1.54, 1.807) is 13.0 Å². The summed E-state index contributed by atoms with van der Waals surface area (Å²) in [5.74, 6) is -2.79. The Kier molecular flexibility index (Phi) is 9.84. The van der Waals surface area contributed by atoms with Gasteiger partial charge in [-0.3, -0.25) is 19.3 Å². The number of ether oxygens (including phenoxy) is 1. The molecule has 1 aliphatic heterocycles. The molecule has 1 heterocycles. The largest absolute Gasteiger partial charge is 0.480 e.